The molecule has 0 amide bonds. The molecule has 0 radical (unpaired) electrons. The van der Waals surface area contributed by atoms with E-state index in [2.05, 4.69) is 0 Å². The van der Waals surface area contributed by atoms with Gasteiger partial charge in [0.15, 0.2) is 5.78 Å². The predicted octanol–water partition coefficient (Wildman–Crippen LogP) is 2.70. The van der Waals surface area contributed by atoms with E-state index in [0.717, 1.165) is 10.8 Å². The summed E-state index contributed by atoms with van der Waals surface area (Å²) < 4.78 is 1.68. The summed E-state index contributed by atoms with van der Waals surface area (Å²) in [5.41, 5.74) is 0.00544. The van der Waals surface area contributed by atoms with E-state index < -0.39 is 0 Å². The maximum Gasteiger partial charge on any atom is 0.258 e. The lowest BCUT2D eigenvalue weighted by molar-refractivity contribution is -0.117. The molecule has 1 aromatic carbocycles. The first-order valence-electron chi connectivity index (χ1n) is 6.72. The number of aryl methyl sites for hydroxylation is 1. The van der Waals surface area contributed by atoms with Crippen LogP contribution in [0.4, 0.5) is 0 Å². The molecule has 20 heavy (non-hydrogen) atoms. The molecule has 0 saturated heterocycles. The molecule has 2 aromatic rings. The van der Waals surface area contributed by atoms with Gasteiger partial charge in [-0.2, -0.15) is 0 Å². The lowest BCUT2D eigenvalue weighted by atomic mass is 9.96. The standard InChI is InChI=1S/C17H15NO2/c19-16-8-4-2-6-14(16)10-12-18-11-9-13-5-1-3-7-15(13)17(18)20/h1-9,11,14H,10,12H2. The van der Waals surface area contributed by atoms with Crippen LogP contribution in [-0.2, 0) is 11.3 Å². The van der Waals surface area contributed by atoms with Gasteiger partial charge in [-0.25, -0.2) is 0 Å². The summed E-state index contributed by atoms with van der Waals surface area (Å²) >= 11 is 0. The number of pyridine rings is 1. The van der Waals surface area contributed by atoms with Crippen molar-refractivity contribution in [2.45, 2.75) is 13.0 Å². The first kappa shape index (κ1) is 12.6. The van der Waals surface area contributed by atoms with Crippen LogP contribution in [0.1, 0.15) is 6.42 Å². The summed E-state index contributed by atoms with van der Waals surface area (Å²) in [5.74, 6) is -0.000270. The summed E-state index contributed by atoms with van der Waals surface area (Å²) in [6.45, 7) is 0.554. The fourth-order valence-electron chi connectivity index (χ4n) is 2.49. The molecule has 0 fully saturated rings. The molecule has 1 aliphatic rings. The molecular weight excluding hydrogens is 250 g/mol. The molecule has 0 saturated carbocycles. The average Bonchev–Trinajstić information content (AvgIpc) is 2.48. The zero-order valence-corrected chi connectivity index (χ0v) is 11.0. The molecule has 1 aromatic heterocycles. The van der Waals surface area contributed by atoms with Gasteiger partial charge < -0.3 is 4.57 Å². The Kier molecular flexibility index (Phi) is 3.33. The van der Waals surface area contributed by atoms with E-state index in [4.69, 9.17) is 0 Å². The van der Waals surface area contributed by atoms with Crippen LogP contribution >= 0.6 is 0 Å². The highest BCUT2D eigenvalue weighted by molar-refractivity contribution is 5.94. The molecule has 3 rings (SSSR count). The average molecular weight is 265 g/mol. The Morgan fingerprint density at radius 3 is 2.75 bits per heavy atom. The molecule has 3 nitrogen and oxygen atoms in total. The second kappa shape index (κ2) is 5.29. The minimum Gasteiger partial charge on any atom is -0.315 e. The predicted molar refractivity (Wildman–Crippen MR) is 79.6 cm³/mol. The SMILES string of the molecule is O=C1C=CC=CC1CCn1ccc2ccccc2c1=O. The van der Waals surface area contributed by atoms with Crippen LogP contribution in [0.3, 0.4) is 0 Å². The third kappa shape index (κ3) is 2.35. The number of hydrogen-bond acceptors (Lipinski definition) is 2. The van der Waals surface area contributed by atoms with Gasteiger partial charge in [-0.1, -0.05) is 36.4 Å². The van der Waals surface area contributed by atoms with Crippen molar-refractivity contribution in [2.24, 2.45) is 5.92 Å². The number of carbonyl (C=O) groups excluding carboxylic acids is 1. The van der Waals surface area contributed by atoms with Gasteiger partial charge in [0.2, 0.25) is 0 Å². The van der Waals surface area contributed by atoms with Crippen LogP contribution in [-0.4, -0.2) is 10.4 Å². The number of benzene rings is 1. The molecule has 1 atom stereocenters. The van der Waals surface area contributed by atoms with Gasteiger partial charge in [0, 0.05) is 24.0 Å². The van der Waals surface area contributed by atoms with Crippen LogP contribution < -0.4 is 5.56 Å². The molecule has 0 aliphatic heterocycles. The van der Waals surface area contributed by atoms with Gasteiger partial charge in [-0.15, -0.1) is 0 Å². The maximum atomic E-state index is 12.3. The van der Waals surface area contributed by atoms with Crippen LogP contribution in [0.15, 0.2) is 65.6 Å². The lowest BCUT2D eigenvalue weighted by Gasteiger charge is -2.13. The number of rotatable bonds is 3. The minimum absolute atomic E-state index is 0.00544. The molecule has 1 aliphatic carbocycles. The van der Waals surface area contributed by atoms with Crippen LogP contribution in [0.25, 0.3) is 10.8 Å². The highest BCUT2D eigenvalue weighted by Gasteiger charge is 2.14. The number of fused-ring (bicyclic) bond motifs is 1. The molecule has 0 bridgehead atoms. The van der Waals surface area contributed by atoms with E-state index in [-0.39, 0.29) is 17.3 Å². The van der Waals surface area contributed by atoms with Gasteiger partial charge in [0.1, 0.15) is 0 Å². The van der Waals surface area contributed by atoms with E-state index in [9.17, 15) is 9.59 Å². The first-order chi connectivity index (χ1) is 9.75. The lowest BCUT2D eigenvalue weighted by Crippen LogP contribution is -2.22. The summed E-state index contributed by atoms with van der Waals surface area (Å²) in [6.07, 6.45) is 9.58. The molecule has 100 valence electrons. The number of ketones is 1. The fourth-order valence-corrected chi connectivity index (χ4v) is 2.49. The summed E-state index contributed by atoms with van der Waals surface area (Å²) in [7, 11) is 0. The van der Waals surface area contributed by atoms with E-state index >= 15 is 0 Å². The molecule has 3 heteroatoms. The van der Waals surface area contributed by atoms with Gasteiger partial charge >= 0.3 is 0 Å². The molecular formula is C17H15NO2. The summed E-state index contributed by atoms with van der Waals surface area (Å²) in [6, 6.07) is 9.49. The van der Waals surface area contributed by atoms with Crippen LogP contribution in [0.2, 0.25) is 0 Å². The third-order valence-corrected chi connectivity index (χ3v) is 3.65. The summed E-state index contributed by atoms with van der Waals surface area (Å²) in [4.78, 5) is 24.0. The highest BCUT2D eigenvalue weighted by Crippen LogP contribution is 2.14. The van der Waals surface area contributed by atoms with Crippen molar-refractivity contribution in [1.29, 1.82) is 0 Å². The molecule has 0 N–H and O–H groups in total. The first-order valence-corrected chi connectivity index (χ1v) is 6.72. The molecule has 1 heterocycles. The number of nitrogens with zero attached hydrogens (tertiary/aromatic N) is 1. The number of hydrogen-bond donors (Lipinski definition) is 0. The quantitative estimate of drug-likeness (QED) is 0.856. The second-order valence-electron chi connectivity index (χ2n) is 4.94. The Hall–Kier alpha value is -2.42. The smallest absolute Gasteiger partial charge is 0.258 e. The number of allylic oxidation sites excluding steroid dienone is 4. The van der Waals surface area contributed by atoms with Gasteiger partial charge in [-0.05, 0) is 30.0 Å². The molecule has 1 unspecified atom stereocenters. The Morgan fingerprint density at radius 2 is 1.90 bits per heavy atom. The minimum atomic E-state index is -0.113. The van der Waals surface area contributed by atoms with Crippen molar-refractivity contribution in [3.63, 3.8) is 0 Å². The van der Waals surface area contributed by atoms with Crippen LogP contribution in [0, 0.1) is 5.92 Å². The fraction of sp³-hybridized carbons (Fsp3) is 0.176. The van der Waals surface area contributed by atoms with Crippen molar-refractivity contribution in [3.8, 4) is 0 Å². The topological polar surface area (TPSA) is 39.1 Å². The van der Waals surface area contributed by atoms with Crippen molar-refractivity contribution in [2.75, 3.05) is 0 Å². The largest absolute Gasteiger partial charge is 0.315 e. The Balaban J connectivity index is 1.83. The maximum absolute atomic E-state index is 12.3. The molecule has 0 spiro atoms. The number of carbonyl (C=O) groups is 1. The zero-order valence-electron chi connectivity index (χ0n) is 11.0. The van der Waals surface area contributed by atoms with Gasteiger partial charge in [0.25, 0.3) is 5.56 Å². The second-order valence-corrected chi connectivity index (χ2v) is 4.94. The van der Waals surface area contributed by atoms with E-state index in [1.54, 1.807) is 22.9 Å². The van der Waals surface area contributed by atoms with E-state index in [1.807, 2.05) is 42.5 Å². The van der Waals surface area contributed by atoms with E-state index in [0.29, 0.717) is 13.0 Å². The van der Waals surface area contributed by atoms with Crippen molar-refractivity contribution in [1.82, 2.24) is 4.57 Å². The third-order valence-electron chi connectivity index (χ3n) is 3.65. The van der Waals surface area contributed by atoms with Gasteiger partial charge in [-0.3, -0.25) is 9.59 Å². The Bertz CT molecular complexity index is 768. The monoisotopic (exact) mass is 265 g/mol. The Morgan fingerprint density at radius 1 is 1.05 bits per heavy atom. The van der Waals surface area contributed by atoms with Crippen LogP contribution in [0.5, 0.6) is 0 Å². The Labute approximate surface area is 116 Å². The highest BCUT2D eigenvalue weighted by atomic mass is 16.1. The number of aromatic nitrogens is 1. The summed E-state index contributed by atoms with van der Waals surface area (Å²) in [5, 5.41) is 1.67. The normalized spacial score (nSPS) is 17.8. The van der Waals surface area contributed by atoms with Crippen molar-refractivity contribution in [3.05, 3.63) is 71.2 Å². The van der Waals surface area contributed by atoms with Crippen molar-refractivity contribution < 1.29 is 4.79 Å². The van der Waals surface area contributed by atoms with Crippen molar-refractivity contribution >= 4 is 16.6 Å². The zero-order chi connectivity index (χ0) is 13.9. The van der Waals surface area contributed by atoms with Gasteiger partial charge in [0.05, 0.1) is 0 Å². The van der Waals surface area contributed by atoms with E-state index in [1.165, 1.54) is 0 Å².